The number of hydrogen-bond acceptors (Lipinski definition) is 5. The van der Waals surface area contributed by atoms with Gasteiger partial charge in [0, 0.05) is 38.8 Å². The third-order valence-corrected chi connectivity index (χ3v) is 6.44. The van der Waals surface area contributed by atoms with Crippen LogP contribution in [0.2, 0.25) is 0 Å². The number of rotatable bonds is 3. The molecule has 2 heterocycles. The normalized spacial score (nSPS) is 23.4. The molecule has 0 aromatic heterocycles. The highest BCUT2D eigenvalue weighted by Crippen LogP contribution is 2.12. The van der Waals surface area contributed by atoms with Gasteiger partial charge in [-0.3, -0.25) is 14.5 Å². The summed E-state index contributed by atoms with van der Waals surface area (Å²) < 4.78 is 22.9. The minimum Gasteiger partial charge on any atom is -0.344 e. The SMILES string of the molecule is O=C(NC1CCS(=O)(=O)C1)C(=O)N1CCN(Cc2ccccc2)CC1. The van der Waals surface area contributed by atoms with Gasteiger partial charge in [-0.15, -0.1) is 0 Å². The molecule has 0 saturated carbocycles. The summed E-state index contributed by atoms with van der Waals surface area (Å²) in [4.78, 5) is 28.1. The van der Waals surface area contributed by atoms with Crippen LogP contribution in [0.3, 0.4) is 0 Å². The molecule has 2 aliphatic rings. The highest BCUT2D eigenvalue weighted by atomic mass is 32.2. The summed E-state index contributed by atoms with van der Waals surface area (Å²) in [6, 6.07) is 9.68. The van der Waals surface area contributed by atoms with Crippen molar-refractivity contribution in [3.05, 3.63) is 35.9 Å². The van der Waals surface area contributed by atoms with Crippen molar-refractivity contribution >= 4 is 21.7 Å². The maximum Gasteiger partial charge on any atom is 0.311 e. The molecule has 0 spiro atoms. The van der Waals surface area contributed by atoms with Gasteiger partial charge >= 0.3 is 11.8 Å². The van der Waals surface area contributed by atoms with Crippen LogP contribution in [-0.4, -0.2) is 73.8 Å². The molecular formula is C17H23N3O4S. The molecule has 1 N–H and O–H groups in total. The van der Waals surface area contributed by atoms with Gasteiger partial charge in [0.25, 0.3) is 0 Å². The summed E-state index contributed by atoms with van der Waals surface area (Å²) in [5.74, 6) is -1.26. The number of amides is 2. The van der Waals surface area contributed by atoms with Crippen LogP contribution in [-0.2, 0) is 26.0 Å². The predicted molar refractivity (Wildman–Crippen MR) is 93.5 cm³/mol. The van der Waals surface area contributed by atoms with Crippen LogP contribution in [0.1, 0.15) is 12.0 Å². The van der Waals surface area contributed by atoms with Crippen molar-refractivity contribution in [2.75, 3.05) is 37.7 Å². The van der Waals surface area contributed by atoms with Crippen molar-refractivity contribution in [2.45, 2.75) is 19.0 Å². The molecule has 1 atom stereocenters. The second-order valence-electron chi connectivity index (χ2n) is 6.63. The summed E-state index contributed by atoms with van der Waals surface area (Å²) in [6.07, 6.45) is 0.381. The lowest BCUT2D eigenvalue weighted by Gasteiger charge is -2.34. The van der Waals surface area contributed by atoms with Crippen molar-refractivity contribution in [3.63, 3.8) is 0 Å². The fraction of sp³-hybridized carbons (Fsp3) is 0.529. The molecular weight excluding hydrogens is 342 g/mol. The molecule has 2 fully saturated rings. The number of carbonyl (C=O) groups excluding carboxylic acids is 2. The molecule has 0 radical (unpaired) electrons. The Bertz CT molecular complexity index is 728. The van der Waals surface area contributed by atoms with Gasteiger partial charge in [-0.25, -0.2) is 8.42 Å². The van der Waals surface area contributed by atoms with Crippen molar-refractivity contribution in [1.29, 1.82) is 0 Å². The fourth-order valence-corrected chi connectivity index (χ4v) is 4.92. The average Bonchev–Trinajstić information content (AvgIpc) is 2.94. The molecule has 0 bridgehead atoms. The standard InChI is InChI=1S/C17H23N3O4S/c21-16(18-15-6-11-25(23,24)13-15)17(22)20-9-7-19(8-10-20)12-14-4-2-1-3-5-14/h1-5,15H,6-13H2,(H,18,21). The lowest BCUT2D eigenvalue weighted by atomic mass is 10.2. The number of benzene rings is 1. The first-order valence-electron chi connectivity index (χ1n) is 8.49. The van der Waals surface area contributed by atoms with E-state index in [1.54, 1.807) is 4.90 Å². The van der Waals surface area contributed by atoms with E-state index >= 15 is 0 Å². The molecule has 7 nitrogen and oxygen atoms in total. The highest BCUT2D eigenvalue weighted by molar-refractivity contribution is 7.91. The van der Waals surface area contributed by atoms with Crippen LogP contribution >= 0.6 is 0 Å². The first-order valence-corrected chi connectivity index (χ1v) is 10.3. The van der Waals surface area contributed by atoms with E-state index in [2.05, 4.69) is 22.3 Å². The van der Waals surface area contributed by atoms with Crippen molar-refractivity contribution in [2.24, 2.45) is 0 Å². The quantitative estimate of drug-likeness (QED) is 0.739. The Morgan fingerprint density at radius 3 is 2.36 bits per heavy atom. The van der Waals surface area contributed by atoms with Crippen LogP contribution in [0.4, 0.5) is 0 Å². The zero-order valence-electron chi connectivity index (χ0n) is 14.1. The predicted octanol–water partition coefficient (Wildman–Crippen LogP) is -0.366. The van der Waals surface area contributed by atoms with Crippen LogP contribution < -0.4 is 5.32 Å². The molecule has 2 saturated heterocycles. The molecule has 0 aliphatic carbocycles. The Balaban J connectivity index is 1.45. The topological polar surface area (TPSA) is 86.8 Å². The molecule has 2 amide bonds. The third-order valence-electron chi connectivity index (χ3n) is 4.67. The number of piperazine rings is 1. The minimum atomic E-state index is -3.07. The first kappa shape index (κ1) is 17.9. The second-order valence-corrected chi connectivity index (χ2v) is 8.86. The Morgan fingerprint density at radius 1 is 1.08 bits per heavy atom. The van der Waals surface area contributed by atoms with Gasteiger partial charge in [-0.1, -0.05) is 30.3 Å². The molecule has 25 heavy (non-hydrogen) atoms. The summed E-state index contributed by atoms with van der Waals surface area (Å²) in [5.41, 5.74) is 1.22. The zero-order valence-corrected chi connectivity index (χ0v) is 14.9. The smallest absolute Gasteiger partial charge is 0.311 e. The second kappa shape index (κ2) is 7.53. The number of nitrogens with one attached hydrogen (secondary N) is 1. The van der Waals surface area contributed by atoms with E-state index in [0.29, 0.717) is 32.6 Å². The lowest BCUT2D eigenvalue weighted by molar-refractivity contribution is -0.147. The van der Waals surface area contributed by atoms with Gasteiger partial charge in [0.1, 0.15) is 0 Å². The van der Waals surface area contributed by atoms with Crippen LogP contribution in [0.25, 0.3) is 0 Å². The van der Waals surface area contributed by atoms with Crippen molar-refractivity contribution in [1.82, 2.24) is 15.1 Å². The van der Waals surface area contributed by atoms with Gasteiger partial charge in [-0.05, 0) is 12.0 Å². The van der Waals surface area contributed by atoms with Crippen molar-refractivity contribution in [3.8, 4) is 0 Å². The Kier molecular flexibility index (Phi) is 5.39. The van der Waals surface area contributed by atoms with Gasteiger partial charge in [0.15, 0.2) is 9.84 Å². The Labute approximate surface area is 147 Å². The van der Waals surface area contributed by atoms with Crippen LogP contribution in [0, 0.1) is 0 Å². The molecule has 2 aliphatic heterocycles. The fourth-order valence-electron chi connectivity index (χ4n) is 3.25. The number of hydrogen-bond donors (Lipinski definition) is 1. The molecule has 1 aromatic carbocycles. The van der Waals surface area contributed by atoms with Gasteiger partial charge in [0.2, 0.25) is 0 Å². The molecule has 1 unspecified atom stereocenters. The van der Waals surface area contributed by atoms with E-state index in [9.17, 15) is 18.0 Å². The highest BCUT2D eigenvalue weighted by Gasteiger charge is 2.32. The number of sulfone groups is 1. The van der Waals surface area contributed by atoms with E-state index in [1.807, 2.05) is 18.2 Å². The van der Waals surface area contributed by atoms with E-state index in [1.165, 1.54) is 5.56 Å². The summed E-state index contributed by atoms with van der Waals surface area (Å²) in [5, 5.41) is 2.56. The summed E-state index contributed by atoms with van der Waals surface area (Å²) in [7, 11) is -3.07. The van der Waals surface area contributed by atoms with E-state index in [-0.39, 0.29) is 11.5 Å². The van der Waals surface area contributed by atoms with Gasteiger partial charge < -0.3 is 10.2 Å². The van der Waals surface area contributed by atoms with Crippen LogP contribution in [0.5, 0.6) is 0 Å². The number of nitrogens with zero attached hydrogens (tertiary/aromatic N) is 2. The largest absolute Gasteiger partial charge is 0.344 e. The maximum atomic E-state index is 12.3. The maximum absolute atomic E-state index is 12.3. The molecule has 3 rings (SSSR count). The Hall–Kier alpha value is -1.93. The molecule has 1 aromatic rings. The zero-order chi connectivity index (χ0) is 17.9. The Morgan fingerprint density at radius 2 is 1.76 bits per heavy atom. The molecule has 8 heteroatoms. The van der Waals surface area contributed by atoms with Gasteiger partial charge in [-0.2, -0.15) is 0 Å². The third kappa shape index (κ3) is 4.79. The minimum absolute atomic E-state index is 0.0725. The lowest BCUT2D eigenvalue weighted by Crippen LogP contribution is -2.53. The molecule has 136 valence electrons. The van der Waals surface area contributed by atoms with E-state index < -0.39 is 27.7 Å². The first-order chi connectivity index (χ1) is 11.9. The van der Waals surface area contributed by atoms with E-state index in [4.69, 9.17) is 0 Å². The monoisotopic (exact) mass is 365 g/mol. The van der Waals surface area contributed by atoms with Crippen molar-refractivity contribution < 1.29 is 18.0 Å². The van der Waals surface area contributed by atoms with Gasteiger partial charge in [0.05, 0.1) is 11.5 Å². The summed E-state index contributed by atoms with van der Waals surface area (Å²) in [6.45, 7) is 3.26. The summed E-state index contributed by atoms with van der Waals surface area (Å²) >= 11 is 0. The van der Waals surface area contributed by atoms with Crippen LogP contribution in [0.15, 0.2) is 30.3 Å². The van der Waals surface area contributed by atoms with E-state index in [0.717, 1.165) is 6.54 Å². The average molecular weight is 365 g/mol. The number of carbonyl (C=O) groups is 2.